The Balaban J connectivity index is 2.02. The topological polar surface area (TPSA) is 52.3 Å². The third-order valence-corrected chi connectivity index (χ3v) is 3.27. The summed E-state index contributed by atoms with van der Waals surface area (Å²) >= 11 is 0. The Hall–Kier alpha value is -2.13. The van der Waals surface area contributed by atoms with E-state index in [1.807, 2.05) is 63.2 Å². The molecule has 0 heterocycles. The van der Waals surface area contributed by atoms with Crippen LogP contribution in [-0.2, 0) is 11.2 Å². The van der Waals surface area contributed by atoms with Crippen LogP contribution in [0.4, 0.5) is 0 Å². The summed E-state index contributed by atoms with van der Waals surface area (Å²) in [4.78, 5) is 12.0. The molecule has 0 amide bonds. The van der Waals surface area contributed by atoms with Gasteiger partial charge in [-0.25, -0.2) is 4.79 Å². The van der Waals surface area contributed by atoms with Gasteiger partial charge in [0.2, 0.25) is 0 Å². The minimum absolute atomic E-state index is 0.0476. The van der Waals surface area contributed by atoms with Crippen molar-refractivity contribution in [1.29, 1.82) is 0 Å². The maximum Gasteiger partial charge on any atom is 0.338 e. The van der Waals surface area contributed by atoms with Gasteiger partial charge in [-0.3, -0.25) is 0 Å². The molecule has 0 aromatic heterocycles. The van der Waals surface area contributed by atoms with Gasteiger partial charge >= 0.3 is 5.97 Å². The molecular formula is C19H23NO2. The number of carbonyl (C=O) groups is 1. The highest BCUT2D eigenvalue weighted by atomic mass is 16.6. The van der Waals surface area contributed by atoms with Crippen molar-refractivity contribution in [3.63, 3.8) is 0 Å². The van der Waals surface area contributed by atoms with Gasteiger partial charge in [0, 0.05) is 6.04 Å². The Bertz CT molecular complexity index is 612. The fourth-order valence-corrected chi connectivity index (χ4v) is 2.19. The minimum Gasteiger partial charge on any atom is -0.456 e. The molecule has 116 valence electrons. The smallest absolute Gasteiger partial charge is 0.338 e. The van der Waals surface area contributed by atoms with E-state index in [1.54, 1.807) is 12.1 Å². The first-order valence-corrected chi connectivity index (χ1v) is 7.48. The normalized spacial score (nSPS) is 12.7. The molecule has 0 aliphatic rings. The highest BCUT2D eigenvalue weighted by Gasteiger charge is 2.17. The van der Waals surface area contributed by atoms with Crippen molar-refractivity contribution >= 4 is 5.97 Å². The van der Waals surface area contributed by atoms with Crippen LogP contribution in [0.25, 0.3) is 0 Å². The Labute approximate surface area is 132 Å². The predicted molar refractivity (Wildman–Crippen MR) is 88.7 cm³/mol. The van der Waals surface area contributed by atoms with Crippen LogP contribution in [0.5, 0.6) is 0 Å². The van der Waals surface area contributed by atoms with Crippen molar-refractivity contribution in [2.45, 2.75) is 38.8 Å². The van der Waals surface area contributed by atoms with Gasteiger partial charge in [-0.2, -0.15) is 0 Å². The van der Waals surface area contributed by atoms with Crippen LogP contribution in [0, 0.1) is 0 Å². The molecule has 2 aromatic carbocycles. The second-order valence-corrected chi connectivity index (χ2v) is 6.42. The number of esters is 1. The van der Waals surface area contributed by atoms with Crippen LogP contribution < -0.4 is 5.73 Å². The van der Waals surface area contributed by atoms with E-state index >= 15 is 0 Å². The van der Waals surface area contributed by atoms with E-state index in [-0.39, 0.29) is 12.0 Å². The Morgan fingerprint density at radius 2 is 1.64 bits per heavy atom. The Kier molecular flexibility index (Phi) is 4.99. The summed E-state index contributed by atoms with van der Waals surface area (Å²) in [5.74, 6) is -0.300. The van der Waals surface area contributed by atoms with Gasteiger partial charge in [-0.1, -0.05) is 42.5 Å². The number of hydrogen-bond acceptors (Lipinski definition) is 3. The summed E-state index contributed by atoms with van der Waals surface area (Å²) in [6.07, 6.45) is 0.735. The summed E-state index contributed by atoms with van der Waals surface area (Å²) in [5, 5.41) is 0. The first kappa shape index (κ1) is 16.2. The molecular weight excluding hydrogens is 274 g/mol. The van der Waals surface area contributed by atoms with E-state index in [0.717, 1.165) is 17.5 Å². The van der Waals surface area contributed by atoms with Crippen molar-refractivity contribution in [3.8, 4) is 0 Å². The summed E-state index contributed by atoms with van der Waals surface area (Å²) in [7, 11) is 0. The maximum absolute atomic E-state index is 12.0. The van der Waals surface area contributed by atoms with Gasteiger partial charge in [0.25, 0.3) is 0 Å². The largest absolute Gasteiger partial charge is 0.456 e. The number of rotatable bonds is 4. The minimum atomic E-state index is -0.481. The fourth-order valence-electron chi connectivity index (χ4n) is 2.19. The highest BCUT2D eigenvalue weighted by molar-refractivity contribution is 5.89. The van der Waals surface area contributed by atoms with Crippen molar-refractivity contribution < 1.29 is 9.53 Å². The molecule has 3 heteroatoms. The van der Waals surface area contributed by atoms with Crippen molar-refractivity contribution in [3.05, 3.63) is 71.3 Å². The average molecular weight is 297 g/mol. The van der Waals surface area contributed by atoms with Gasteiger partial charge in [0.15, 0.2) is 0 Å². The molecule has 0 spiro atoms. The zero-order valence-electron chi connectivity index (χ0n) is 13.4. The Morgan fingerprint density at radius 1 is 1.05 bits per heavy atom. The molecule has 2 rings (SSSR count). The van der Waals surface area contributed by atoms with Crippen LogP contribution in [-0.4, -0.2) is 11.6 Å². The lowest BCUT2D eigenvalue weighted by Crippen LogP contribution is -2.23. The third-order valence-electron chi connectivity index (χ3n) is 3.27. The summed E-state index contributed by atoms with van der Waals surface area (Å²) in [6.45, 7) is 5.58. The van der Waals surface area contributed by atoms with Crippen LogP contribution >= 0.6 is 0 Å². The standard InChI is InChI=1S/C19H23NO2/c1-19(2,3)22-18(21)16-11-9-14(10-12-16)13-17(20)15-7-5-4-6-8-15/h4-12,17H,13,20H2,1-3H3. The molecule has 0 aliphatic carbocycles. The van der Waals surface area contributed by atoms with Crippen LogP contribution in [0.1, 0.15) is 48.3 Å². The van der Waals surface area contributed by atoms with E-state index in [2.05, 4.69) is 0 Å². The van der Waals surface area contributed by atoms with E-state index < -0.39 is 5.60 Å². The molecule has 0 saturated carbocycles. The van der Waals surface area contributed by atoms with Gasteiger partial charge in [0.05, 0.1) is 5.56 Å². The van der Waals surface area contributed by atoms with Crippen LogP contribution in [0.3, 0.4) is 0 Å². The van der Waals surface area contributed by atoms with Crippen LogP contribution in [0.15, 0.2) is 54.6 Å². The maximum atomic E-state index is 12.0. The van der Waals surface area contributed by atoms with E-state index in [0.29, 0.717) is 5.56 Å². The molecule has 1 unspecified atom stereocenters. The number of benzene rings is 2. The molecule has 0 bridgehead atoms. The molecule has 0 saturated heterocycles. The Morgan fingerprint density at radius 3 is 2.18 bits per heavy atom. The van der Waals surface area contributed by atoms with Gasteiger partial charge < -0.3 is 10.5 Å². The lowest BCUT2D eigenvalue weighted by molar-refractivity contribution is 0.00695. The lowest BCUT2D eigenvalue weighted by Gasteiger charge is -2.19. The molecule has 3 nitrogen and oxygen atoms in total. The average Bonchev–Trinajstić information content (AvgIpc) is 2.47. The van der Waals surface area contributed by atoms with Crippen molar-refractivity contribution in [2.24, 2.45) is 5.73 Å². The number of carbonyl (C=O) groups excluding carboxylic acids is 1. The predicted octanol–water partition coefficient (Wildman–Crippen LogP) is 3.88. The molecule has 22 heavy (non-hydrogen) atoms. The van der Waals surface area contributed by atoms with E-state index in [9.17, 15) is 4.79 Å². The number of hydrogen-bond donors (Lipinski definition) is 1. The monoisotopic (exact) mass is 297 g/mol. The summed E-state index contributed by atoms with van der Waals surface area (Å²) in [6, 6.07) is 17.4. The number of nitrogens with two attached hydrogens (primary N) is 1. The molecule has 2 aromatic rings. The van der Waals surface area contributed by atoms with Gasteiger partial charge in [-0.05, 0) is 50.5 Å². The second kappa shape index (κ2) is 6.75. The highest BCUT2D eigenvalue weighted by Crippen LogP contribution is 2.17. The first-order chi connectivity index (χ1) is 10.3. The zero-order chi connectivity index (χ0) is 16.2. The first-order valence-electron chi connectivity index (χ1n) is 7.48. The van der Waals surface area contributed by atoms with Crippen molar-refractivity contribution in [2.75, 3.05) is 0 Å². The number of ether oxygens (including phenoxy) is 1. The fraction of sp³-hybridized carbons (Fsp3) is 0.316. The molecule has 0 aliphatic heterocycles. The molecule has 0 radical (unpaired) electrons. The third kappa shape index (κ3) is 4.71. The SMILES string of the molecule is CC(C)(C)OC(=O)c1ccc(CC(N)c2ccccc2)cc1. The quantitative estimate of drug-likeness (QED) is 0.871. The van der Waals surface area contributed by atoms with Crippen molar-refractivity contribution in [1.82, 2.24) is 0 Å². The van der Waals surface area contributed by atoms with E-state index in [4.69, 9.17) is 10.5 Å². The van der Waals surface area contributed by atoms with Gasteiger partial charge in [-0.15, -0.1) is 0 Å². The lowest BCUT2D eigenvalue weighted by atomic mass is 9.99. The summed E-state index contributed by atoms with van der Waals surface area (Å²) in [5.41, 5.74) is 8.51. The zero-order valence-corrected chi connectivity index (χ0v) is 13.4. The van der Waals surface area contributed by atoms with E-state index in [1.165, 1.54) is 0 Å². The van der Waals surface area contributed by atoms with Crippen LogP contribution in [0.2, 0.25) is 0 Å². The molecule has 1 atom stereocenters. The van der Waals surface area contributed by atoms with Gasteiger partial charge in [0.1, 0.15) is 5.60 Å². The molecule has 0 fully saturated rings. The second-order valence-electron chi connectivity index (χ2n) is 6.42. The summed E-state index contributed by atoms with van der Waals surface area (Å²) < 4.78 is 5.35. The molecule has 2 N–H and O–H groups in total.